The average molecular weight is 285 g/mol. The molecule has 3 nitrogen and oxygen atoms in total. The first-order valence-corrected chi connectivity index (χ1v) is 6.61. The Morgan fingerprint density at radius 2 is 2.25 bits per heavy atom. The van der Waals surface area contributed by atoms with Gasteiger partial charge in [0.05, 0.1) is 0 Å². The molecule has 1 amide bonds. The molecule has 2 N–H and O–H groups in total. The van der Waals surface area contributed by atoms with E-state index in [0.29, 0.717) is 11.6 Å². The fraction of sp³-hybridized carbons (Fsp3) is 0.583. The predicted octanol–water partition coefficient (Wildman–Crippen LogP) is 3.09. The number of aromatic nitrogens is 1. The maximum Gasteiger partial charge on any atom is 0.267 e. The molecule has 0 saturated heterocycles. The van der Waals surface area contributed by atoms with Gasteiger partial charge in [-0.2, -0.15) is 0 Å². The van der Waals surface area contributed by atoms with Gasteiger partial charge in [-0.3, -0.25) is 4.79 Å². The maximum absolute atomic E-state index is 11.9. The van der Waals surface area contributed by atoms with Gasteiger partial charge in [0.2, 0.25) is 0 Å². The summed E-state index contributed by atoms with van der Waals surface area (Å²) < 4.78 is 0.908. The molecule has 4 heteroatoms. The van der Waals surface area contributed by atoms with Gasteiger partial charge in [0.25, 0.3) is 5.91 Å². The molecule has 1 fully saturated rings. The molecule has 1 aliphatic carbocycles. The topological polar surface area (TPSA) is 44.9 Å². The molecular formula is C12H17BrN2O. The third-order valence-electron chi connectivity index (χ3n) is 3.36. The molecule has 1 atom stereocenters. The van der Waals surface area contributed by atoms with E-state index in [-0.39, 0.29) is 11.9 Å². The summed E-state index contributed by atoms with van der Waals surface area (Å²) in [6.45, 7) is 2.10. The van der Waals surface area contributed by atoms with Gasteiger partial charge >= 0.3 is 0 Å². The van der Waals surface area contributed by atoms with Crippen molar-refractivity contribution in [3.05, 3.63) is 22.4 Å². The molecule has 0 radical (unpaired) electrons. The monoisotopic (exact) mass is 284 g/mol. The number of hydrogen-bond donors (Lipinski definition) is 2. The van der Waals surface area contributed by atoms with Crippen LogP contribution in [0.5, 0.6) is 0 Å². The Morgan fingerprint density at radius 3 is 2.81 bits per heavy atom. The standard InChI is InChI=1S/C12H17BrN2O/c1-8(9-4-2-3-5-9)15-12(16)11-6-10(13)7-14-11/h6-9,14H,2-5H2,1H3,(H,15,16). The Hall–Kier alpha value is -0.770. The number of H-pyrrole nitrogens is 1. The molecule has 1 aliphatic rings. The number of rotatable bonds is 3. The van der Waals surface area contributed by atoms with E-state index in [4.69, 9.17) is 0 Å². The van der Waals surface area contributed by atoms with Crippen LogP contribution in [0, 0.1) is 5.92 Å². The maximum atomic E-state index is 11.9. The Kier molecular flexibility index (Phi) is 3.69. The molecule has 1 heterocycles. The lowest BCUT2D eigenvalue weighted by Gasteiger charge is -2.19. The third-order valence-corrected chi connectivity index (χ3v) is 3.82. The molecule has 0 bridgehead atoms. The highest BCUT2D eigenvalue weighted by molar-refractivity contribution is 9.10. The summed E-state index contributed by atoms with van der Waals surface area (Å²) >= 11 is 3.32. The van der Waals surface area contributed by atoms with Crippen molar-refractivity contribution in [2.75, 3.05) is 0 Å². The van der Waals surface area contributed by atoms with Crippen LogP contribution in [0.2, 0.25) is 0 Å². The summed E-state index contributed by atoms with van der Waals surface area (Å²) in [5, 5.41) is 3.06. The quantitative estimate of drug-likeness (QED) is 0.880. The van der Waals surface area contributed by atoms with Crippen molar-refractivity contribution in [3.63, 3.8) is 0 Å². The van der Waals surface area contributed by atoms with E-state index in [9.17, 15) is 4.79 Å². The van der Waals surface area contributed by atoms with Crippen LogP contribution < -0.4 is 5.32 Å². The van der Waals surface area contributed by atoms with Crippen molar-refractivity contribution in [2.45, 2.75) is 38.6 Å². The summed E-state index contributed by atoms with van der Waals surface area (Å²) in [5.41, 5.74) is 0.622. The molecule has 1 saturated carbocycles. The zero-order valence-corrected chi connectivity index (χ0v) is 11.0. The third kappa shape index (κ3) is 2.67. The number of carbonyl (C=O) groups is 1. The summed E-state index contributed by atoms with van der Waals surface area (Å²) in [6, 6.07) is 2.08. The fourth-order valence-electron chi connectivity index (χ4n) is 2.36. The molecule has 2 rings (SSSR count). The number of halogens is 1. The second kappa shape index (κ2) is 5.04. The van der Waals surface area contributed by atoms with E-state index < -0.39 is 0 Å². The van der Waals surface area contributed by atoms with Crippen molar-refractivity contribution in [1.82, 2.24) is 10.3 Å². The predicted molar refractivity (Wildman–Crippen MR) is 67.4 cm³/mol. The molecule has 1 aromatic heterocycles. The molecule has 0 aromatic carbocycles. The molecule has 1 unspecified atom stereocenters. The minimum atomic E-state index is -0.00917. The largest absolute Gasteiger partial charge is 0.356 e. The van der Waals surface area contributed by atoms with Gasteiger partial charge in [-0.25, -0.2) is 0 Å². The van der Waals surface area contributed by atoms with Gasteiger partial charge in [0.15, 0.2) is 0 Å². The number of carbonyl (C=O) groups excluding carboxylic acids is 1. The average Bonchev–Trinajstić information content (AvgIpc) is 2.87. The molecule has 0 aliphatic heterocycles. The van der Waals surface area contributed by atoms with E-state index in [1.165, 1.54) is 25.7 Å². The minimum Gasteiger partial charge on any atom is -0.356 e. The van der Waals surface area contributed by atoms with Gasteiger partial charge in [-0.15, -0.1) is 0 Å². The Bertz CT molecular complexity index is 369. The molecule has 16 heavy (non-hydrogen) atoms. The molecule has 88 valence electrons. The zero-order chi connectivity index (χ0) is 11.5. The van der Waals surface area contributed by atoms with Crippen LogP contribution in [0.25, 0.3) is 0 Å². The summed E-state index contributed by atoms with van der Waals surface area (Å²) in [7, 11) is 0. The van der Waals surface area contributed by atoms with Gasteiger partial charge in [0, 0.05) is 16.7 Å². The normalized spacial score (nSPS) is 18.6. The first-order valence-electron chi connectivity index (χ1n) is 5.81. The number of aromatic amines is 1. The van der Waals surface area contributed by atoms with Crippen molar-refractivity contribution in [3.8, 4) is 0 Å². The second-order valence-corrected chi connectivity index (χ2v) is 5.45. The Morgan fingerprint density at radius 1 is 1.56 bits per heavy atom. The lowest BCUT2D eigenvalue weighted by molar-refractivity contribution is 0.0923. The Labute approximate surface area is 104 Å². The highest BCUT2D eigenvalue weighted by atomic mass is 79.9. The van der Waals surface area contributed by atoms with Crippen LogP contribution >= 0.6 is 15.9 Å². The fourth-order valence-corrected chi connectivity index (χ4v) is 2.70. The van der Waals surface area contributed by atoms with Crippen molar-refractivity contribution in [1.29, 1.82) is 0 Å². The van der Waals surface area contributed by atoms with Crippen molar-refractivity contribution in [2.24, 2.45) is 5.92 Å². The zero-order valence-electron chi connectivity index (χ0n) is 9.42. The summed E-state index contributed by atoms with van der Waals surface area (Å²) in [6.07, 6.45) is 6.87. The van der Waals surface area contributed by atoms with Gasteiger partial charge in [-0.1, -0.05) is 12.8 Å². The van der Waals surface area contributed by atoms with Crippen LogP contribution in [0.3, 0.4) is 0 Å². The van der Waals surface area contributed by atoms with Gasteiger partial charge < -0.3 is 10.3 Å². The van der Waals surface area contributed by atoms with Gasteiger partial charge in [-0.05, 0) is 47.7 Å². The lowest BCUT2D eigenvalue weighted by Crippen LogP contribution is -2.37. The lowest BCUT2D eigenvalue weighted by atomic mass is 10.00. The Balaban J connectivity index is 1.91. The number of nitrogens with one attached hydrogen (secondary N) is 2. The smallest absolute Gasteiger partial charge is 0.267 e. The van der Waals surface area contributed by atoms with E-state index in [1.807, 2.05) is 0 Å². The minimum absolute atomic E-state index is 0.00917. The first kappa shape index (κ1) is 11.7. The summed E-state index contributed by atoms with van der Waals surface area (Å²) in [4.78, 5) is 14.8. The van der Waals surface area contributed by atoms with Crippen molar-refractivity contribution >= 4 is 21.8 Å². The van der Waals surface area contributed by atoms with E-state index >= 15 is 0 Å². The highest BCUT2D eigenvalue weighted by Gasteiger charge is 2.23. The first-order chi connectivity index (χ1) is 7.66. The van der Waals surface area contributed by atoms with E-state index in [2.05, 4.69) is 33.2 Å². The molecule has 1 aromatic rings. The van der Waals surface area contributed by atoms with Crippen LogP contribution in [-0.4, -0.2) is 16.9 Å². The van der Waals surface area contributed by atoms with Crippen LogP contribution in [0.4, 0.5) is 0 Å². The van der Waals surface area contributed by atoms with E-state index in [0.717, 1.165) is 4.47 Å². The van der Waals surface area contributed by atoms with Gasteiger partial charge in [0.1, 0.15) is 5.69 Å². The number of amides is 1. The highest BCUT2D eigenvalue weighted by Crippen LogP contribution is 2.27. The SMILES string of the molecule is CC(NC(=O)c1cc(Br)c[nH]1)C1CCCC1. The second-order valence-electron chi connectivity index (χ2n) is 4.54. The van der Waals surface area contributed by atoms with Crippen LogP contribution in [0.15, 0.2) is 16.7 Å². The van der Waals surface area contributed by atoms with E-state index in [1.54, 1.807) is 12.3 Å². The number of hydrogen-bond acceptors (Lipinski definition) is 1. The molecular weight excluding hydrogens is 268 g/mol. The van der Waals surface area contributed by atoms with Crippen LogP contribution in [0.1, 0.15) is 43.1 Å². The summed E-state index contributed by atoms with van der Waals surface area (Å²) in [5.74, 6) is 0.646. The van der Waals surface area contributed by atoms with Crippen molar-refractivity contribution < 1.29 is 4.79 Å². The molecule has 0 spiro atoms. The van der Waals surface area contributed by atoms with Crippen LogP contribution in [-0.2, 0) is 0 Å².